The molecule has 0 N–H and O–H groups in total. The normalized spacial score (nSPS) is 15.8. The lowest BCUT2D eigenvalue weighted by atomic mass is 9.95. The monoisotopic (exact) mass is 691 g/mol. The predicted molar refractivity (Wildman–Crippen MR) is 236 cm³/mol. The quantitative estimate of drug-likeness (QED) is 0.154. The van der Waals surface area contributed by atoms with Crippen molar-refractivity contribution in [2.24, 2.45) is 0 Å². The van der Waals surface area contributed by atoms with Crippen LogP contribution < -0.4 is 15.3 Å². The Balaban J connectivity index is 0.000000265. The van der Waals surface area contributed by atoms with Crippen LogP contribution in [0.15, 0.2) is 187 Å². The van der Waals surface area contributed by atoms with Crippen LogP contribution in [0.2, 0.25) is 0 Å². The van der Waals surface area contributed by atoms with Gasteiger partial charge in [-0.15, -0.1) is 0 Å². The molecule has 266 valence electrons. The first kappa shape index (κ1) is 38.3. The fourth-order valence-electron chi connectivity index (χ4n) is 6.52. The standard InChI is InChI=1S/C35H33N.C15H14.C2H6/c1-25-9-5-6-10-28(25)14-13-26(2)29-17-20-34(21-18-29)36(4)35-22-19-32(23-27(35)3)33-16-15-30-11-7-8-12-31(30)24-33;1-13-7-5-6-10-15(13)12-11-14-8-3-2-4-9-14;1-2/h5-20,22-24,34H,2,21H2,1,3-4H3;2-8,10-12H,1,9H2;1-2H3/b14-13-;14-11-,15-12-;/t34-;;/m0../s1. The zero-order valence-corrected chi connectivity index (χ0v) is 32.1. The molecule has 5 aromatic rings. The zero-order chi connectivity index (χ0) is 37.6. The summed E-state index contributed by atoms with van der Waals surface area (Å²) in [4.78, 5) is 2.38. The Morgan fingerprint density at radius 3 is 2.17 bits per heavy atom. The van der Waals surface area contributed by atoms with Crippen molar-refractivity contribution in [3.63, 3.8) is 0 Å². The van der Waals surface area contributed by atoms with Gasteiger partial charge in [0.05, 0.1) is 6.04 Å². The van der Waals surface area contributed by atoms with Gasteiger partial charge < -0.3 is 4.90 Å². The van der Waals surface area contributed by atoms with E-state index in [9.17, 15) is 0 Å². The second-order valence-corrected chi connectivity index (χ2v) is 13.3. The van der Waals surface area contributed by atoms with Crippen LogP contribution in [0.25, 0.3) is 40.6 Å². The molecule has 0 saturated carbocycles. The molecule has 1 atom stereocenters. The van der Waals surface area contributed by atoms with Crippen LogP contribution in [-0.4, -0.2) is 13.1 Å². The molecule has 2 aliphatic rings. The first-order valence-electron chi connectivity index (χ1n) is 18.8. The largest absolute Gasteiger partial charge is 0.368 e. The van der Waals surface area contributed by atoms with Crippen LogP contribution in [0.4, 0.5) is 5.69 Å². The van der Waals surface area contributed by atoms with Gasteiger partial charge in [-0.25, -0.2) is 0 Å². The van der Waals surface area contributed by atoms with Gasteiger partial charge in [0.15, 0.2) is 0 Å². The molecular formula is C52H53N. The molecule has 0 bridgehead atoms. The SMILES string of the molecule is C=C(/C=C\c1ccccc1C)C1=CC[C@@H](N(C)c2ccc(-c3ccc4ccccc4c3)cc2C)C=C1.C=c1cccc/c1=C/C=C1/C=CC=CC1.CC. The Morgan fingerprint density at radius 2 is 1.45 bits per heavy atom. The lowest BCUT2D eigenvalue weighted by Gasteiger charge is -2.30. The van der Waals surface area contributed by atoms with Gasteiger partial charge >= 0.3 is 0 Å². The van der Waals surface area contributed by atoms with E-state index in [0.29, 0.717) is 6.04 Å². The van der Waals surface area contributed by atoms with E-state index >= 15 is 0 Å². The maximum Gasteiger partial charge on any atom is 0.0507 e. The van der Waals surface area contributed by atoms with E-state index in [-0.39, 0.29) is 0 Å². The van der Waals surface area contributed by atoms with Gasteiger partial charge in [0.2, 0.25) is 0 Å². The lowest BCUT2D eigenvalue weighted by Crippen LogP contribution is -2.31. The van der Waals surface area contributed by atoms with Crippen molar-refractivity contribution < 1.29 is 0 Å². The summed E-state index contributed by atoms with van der Waals surface area (Å²) in [6.45, 7) is 16.6. The average molecular weight is 692 g/mol. The number of likely N-dealkylation sites (N-methyl/N-ethyl adjacent to an activating group) is 1. The van der Waals surface area contributed by atoms with E-state index in [0.717, 1.165) is 23.6 Å². The highest BCUT2D eigenvalue weighted by Gasteiger charge is 2.17. The van der Waals surface area contributed by atoms with E-state index < -0.39 is 0 Å². The highest BCUT2D eigenvalue weighted by molar-refractivity contribution is 5.87. The molecule has 7 rings (SSSR count). The number of fused-ring (bicyclic) bond motifs is 1. The molecule has 0 radical (unpaired) electrons. The lowest BCUT2D eigenvalue weighted by molar-refractivity contribution is 0.748. The fourth-order valence-corrected chi connectivity index (χ4v) is 6.52. The minimum atomic E-state index is 0.326. The molecular weight excluding hydrogens is 639 g/mol. The van der Waals surface area contributed by atoms with Gasteiger partial charge in [-0.1, -0.05) is 185 Å². The van der Waals surface area contributed by atoms with E-state index in [1.807, 2.05) is 32.0 Å². The van der Waals surface area contributed by atoms with Crippen molar-refractivity contribution in [1.82, 2.24) is 0 Å². The molecule has 2 aliphatic carbocycles. The molecule has 1 nitrogen and oxygen atoms in total. The Bertz CT molecular complexity index is 2340. The van der Waals surface area contributed by atoms with Crippen LogP contribution in [0.1, 0.15) is 43.4 Å². The first-order valence-corrected chi connectivity index (χ1v) is 18.8. The van der Waals surface area contributed by atoms with Gasteiger partial charge in [0.1, 0.15) is 0 Å². The molecule has 0 saturated heterocycles. The first-order chi connectivity index (χ1) is 25.9. The van der Waals surface area contributed by atoms with Gasteiger partial charge in [-0.3, -0.25) is 0 Å². The number of benzene rings is 5. The number of hydrogen-bond donors (Lipinski definition) is 0. The topological polar surface area (TPSA) is 3.24 Å². The highest BCUT2D eigenvalue weighted by Crippen LogP contribution is 2.31. The minimum Gasteiger partial charge on any atom is -0.368 e. The molecule has 0 amide bonds. The summed E-state index contributed by atoms with van der Waals surface area (Å²) in [7, 11) is 2.19. The van der Waals surface area contributed by atoms with Crippen LogP contribution in [-0.2, 0) is 0 Å². The summed E-state index contributed by atoms with van der Waals surface area (Å²) < 4.78 is 0. The Hall–Kier alpha value is -5.92. The Labute approximate surface area is 318 Å². The molecule has 0 aromatic heterocycles. The third-order valence-electron chi connectivity index (χ3n) is 9.70. The van der Waals surface area contributed by atoms with Crippen molar-refractivity contribution in [2.75, 3.05) is 11.9 Å². The molecule has 0 unspecified atom stereocenters. The number of anilines is 1. The summed E-state index contributed by atoms with van der Waals surface area (Å²) in [5, 5.41) is 4.82. The van der Waals surface area contributed by atoms with Crippen LogP contribution in [0.3, 0.4) is 0 Å². The molecule has 0 aliphatic heterocycles. The zero-order valence-electron chi connectivity index (χ0n) is 32.1. The van der Waals surface area contributed by atoms with Gasteiger partial charge in [0, 0.05) is 12.7 Å². The van der Waals surface area contributed by atoms with Crippen molar-refractivity contribution in [2.45, 2.75) is 46.6 Å². The second-order valence-electron chi connectivity index (χ2n) is 13.3. The average Bonchev–Trinajstić information content (AvgIpc) is 3.21. The molecule has 53 heavy (non-hydrogen) atoms. The van der Waals surface area contributed by atoms with Crippen molar-refractivity contribution in [1.29, 1.82) is 0 Å². The maximum absolute atomic E-state index is 4.30. The molecule has 1 heteroatoms. The van der Waals surface area contributed by atoms with E-state index in [4.69, 9.17) is 0 Å². The highest BCUT2D eigenvalue weighted by atomic mass is 15.1. The van der Waals surface area contributed by atoms with Gasteiger partial charge in [0.25, 0.3) is 0 Å². The summed E-state index contributed by atoms with van der Waals surface area (Å²) in [5.74, 6) is 0. The summed E-state index contributed by atoms with van der Waals surface area (Å²) in [6, 6.07) is 39.0. The third kappa shape index (κ3) is 10.3. The number of hydrogen-bond acceptors (Lipinski definition) is 1. The smallest absolute Gasteiger partial charge is 0.0507 e. The molecule has 0 spiro atoms. The summed E-state index contributed by atoms with van der Waals surface area (Å²) in [5.41, 5.74) is 11.2. The van der Waals surface area contributed by atoms with E-state index in [2.05, 4.69) is 197 Å². The van der Waals surface area contributed by atoms with E-state index in [1.54, 1.807) is 0 Å². The maximum atomic E-state index is 4.30. The molecule has 0 heterocycles. The van der Waals surface area contributed by atoms with Gasteiger partial charge in [-0.05, 0) is 111 Å². The Kier molecular flexibility index (Phi) is 13.8. The summed E-state index contributed by atoms with van der Waals surface area (Å²) in [6.07, 6.45) is 25.8. The Morgan fingerprint density at radius 1 is 0.736 bits per heavy atom. The summed E-state index contributed by atoms with van der Waals surface area (Å²) >= 11 is 0. The van der Waals surface area contributed by atoms with E-state index in [1.165, 1.54) is 60.6 Å². The number of allylic oxidation sites excluding steroid dienone is 10. The number of nitrogens with zero attached hydrogens (tertiary/aromatic N) is 1. The van der Waals surface area contributed by atoms with Crippen LogP contribution in [0, 0.1) is 13.8 Å². The molecule has 0 fully saturated rings. The number of rotatable bonds is 7. The van der Waals surface area contributed by atoms with Crippen molar-refractivity contribution in [3.8, 4) is 11.1 Å². The van der Waals surface area contributed by atoms with Crippen LogP contribution in [0.5, 0.6) is 0 Å². The third-order valence-corrected chi connectivity index (χ3v) is 9.70. The van der Waals surface area contributed by atoms with Crippen LogP contribution >= 0.6 is 0 Å². The van der Waals surface area contributed by atoms with Gasteiger partial charge in [-0.2, -0.15) is 0 Å². The molecule has 5 aromatic carbocycles. The second kappa shape index (κ2) is 19.1. The number of aryl methyl sites for hydroxylation is 2. The minimum absolute atomic E-state index is 0.326. The fraction of sp³-hybridized carbons (Fsp3) is 0.154. The van der Waals surface area contributed by atoms with Crippen molar-refractivity contribution in [3.05, 3.63) is 214 Å². The van der Waals surface area contributed by atoms with Crippen molar-refractivity contribution >= 4 is 35.2 Å². The predicted octanol–water partition coefficient (Wildman–Crippen LogP) is 12.4.